The summed E-state index contributed by atoms with van der Waals surface area (Å²) in [5.41, 5.74) is 1.07. The van der Waals surface area contributed by atoms with Crippen molar-refractivity contribution in [2.24, 2.45) is 0 Å². The molecular formula is C23H29N3O6S. The predicted molar refractivity (Wildman–Crippen MR) is 124 cm³/mol. The van der Waals surface area contributed by atoms with Crippen molar-refractivity contribution in [2.75, 3.05) is 50.7 Å². The van der Waals surface area contributed by atoms with Gasteiger partial charge in [-0.05, 0) is 49.7 Å². The van der Waals surface area contributed by atoms with Gasteiger partial charge in [-0.2, -0.15) is 0 Å². The van der Waals surface area contributed by atoms with Crippen molar-refractivity contribution in [3.8, 4) is 5.75 Å². The summed E-state index contributed by atoms with van der Waals surface area (Å²) in [5, 5.41) is 0. The van der Waals surface area contributed by atoms with E-state index >= 15 is 0 Å². The van der Waals surface area contributed by atoms with Crippen molar-refractivity contribution < 1.29 is 27.5 Å². The van der Waals surface area contributed by atoms with E-state index in [1.54, 1.807) is 60.0 Å². The maximum Gasteiger partial charge on any atom is 0.409 e. The number of piperazine rings is 1. The number of carbonyl (C=O) groups excluding carboxylic acids is 2. The minimum absolute atomic E-state index is 0.0737. The Kier molecular flexibility index (Phi) is 7.80. The van der Waals surface area contributed by atoms with E-state index in [1.807, 2.05) is 0 Å². The van der Waals surface area contributed by atoms with Crippen LogP contribution in [0.25, 0.3) is 0 Å². The molecule has 0 bridgehead atoms. The van der Waals surface area contributed by atoms with Crippen LogP contribution in [0.2, 0.25) is 0 Å². The van der Waals surface area contributed by atoms with Gasteiger partial charge in [0.1, 0.15) is 12.3 Å². The molecule has 1 fully saturated rings. The summed E-state index contributed by atoms with van der Waals surface area (Å²) >= 11 is 0. The molecule has 0 spiro atoms. The summed E-state index contributed by atoms with van der Waals surface area (Å²) in [6, 6.07) is 13.1. The van der Waals surface area contributed by atoms with E-state index in [4.69, 9.17) is 9.47 Å². The van der Waals surface area contributed by atoms with Gasteiger partial charge in [0, 0.05) is 26.2 Å². The Morgan fingerprint density at radius 3 is 2.21 bits per heavy atom. The number of benzene rings is 2. The van der Waals surface area contributed by atoms with Crippen LogP contribution in [0, 0.1) is 6.92 Å². The maximum absolute atomic E-state index is 13.6. The molecule has 2 aromatic rings. The van der Waals surface area contributed by atoms with Crippen LogP contribution in [-0.4, -0.2) is 76.7 Å². The number of amides is 2. The van der Waals surface area contributed by atoms with E-state index in [9.17, 15) is 18.0 Å². The standard InChI is InChI=1S/C23H29N3O6S/c1-4-32-23(28)25-14-12-24(13-15-25)22(27)17-26(19-8-6-5-7-9-19)33(29,30)20-10-11-21(31-3)18(2)16-20/h5-11,16H,4,12-15,17H2,1-3H3. The number of methoxy groups -OCH3 is 1. The number of nitrogens with zero attached hydrogens (tertiary/aromatic N) is 3. The van der Waals surface area contributed by atoms with Gasteiger partial charge in [0.2, 0.25) is 5.91 Å². The van der Waals surface area contributed by atoms with Crippen LogP contribution in [0.3, 0.4) is 0 Å². The number of hydrogen-bond acceptors (Lipinski definition) is 6. The lowest BCUT2D eigenvalue weighted by Gasteiger charge is -2.35. The zero-order valence-electron chi connectivity index (χ0n) is 19.1. The van der Waals surface area contributed by atoms with E-state index in [-0.39, 0.29) is 24.0 Å². The monoisotopic (exact) mass is 475 g/mol. The van der Waals surface area contributed by atoms with Gasteiger partial charge in [0.05, 0.1) is 24.3 Å². The lowest BCUT2D eigenvalue weighted by atomic mass is 10.2. The molecule has 1 aliphatic rings. The minimum atomic E-state index is -4.02. The van der Waals surface area contributed by atoms with Crippen LogP contribution in [-0.2, 0) is 19.6 Å². The number of rotatable bonds is 7. The first kappa shape index (κ1) is 24.4. The molecule has 2 amide bonds. The summed E-state index contributed by atoms with van der Waals surface area (Å²) in [4.78, 5) is 28.2. The summed E-state index contributed by atoms with van der Waals surface area (Å²) in [6.07, 6.45) is -0.409. The van der Waals surface area contributed by atoms with E-state index in [2.05, 4.69) is 0 Å². The minimum Gasteiger partial charge on any atom is -0.496 e. The molecule has 0 aliphatic carbocycles. The smallest absolute Gasteiger partial charge is 0.409 e. The molecule has 0 radical (unpaired) electrons. The molecule has 2 aromatic carbocycles. The molecule has 33 heavy (non-hydrogen) atoms. The van der Waals surface area contributed by atoms with E-state index in [0.29, 0.717) is 43.2 Å². The molecule has 10 heteroatoms. The summed E-state index contributed by atoms with van der Waals surface area (Å²) in [5.74, 6) is 0.243. The van der Waals surface area contributed by atoms with Crippen molar-refractivity contribution in [3.05, 3.63) is 54.1 Å². The lowest BCUT2D eigenvalue weighted by molar-refractivity contribution is -0.131. The van der Waals surface area contributed by atoms with Crippen molar-refractivity contribution in [1.29, 1.82) is 0 Å². The first-order valence-corrected chi connectivity index (χ1v) is 12.1. The molecule has 0 N–H and O–H groups in total. The molecule has 0 atom stereocenters. The van der Waals surface area contributed by atoms with Crippen LogP contribution in [0.5, 0.6) is 5.75 Å². The number of ether oxygens (including phenoxy) is 2. The van der Waals surface area contributed by atoms with Crippen LogP contribution >= 0.6 is 0 Å². The normalized spacial score (nSPS) is 14.0. The summed E-state index contributed by atoms with van der Waals surface area (Å²) in [6.45, 7) is 4.72. The third-order valence-corrected chi connectivity index (χ3v) is 7.21. The lowest BCUT2D eigenvalue weighted by Crippen LogP contribution is -2.53. The molecule has 178 valence electrons. The molecule has 3 rings (SSSR count). The average Bonchev–Trinajstić information content (AvgIpc) is 2.83. The van der Waals surface area contributed by atoms with Crippen LogP contribution in [0.1, 0.15) is 12.5 Å². The second-order valence-corrected chi connectivity index (χ2v) is 9.41. The van der Waals surface area contributed by atoms with Gasteiger partial charge in [-0.3, -0.25) is 9.10 Å². The van der Waals surface area contributed by atoms with Gasteiger partial charge in [0.25, 0.3) is 10.0 Å². The number of para-hydroxylation sites is 1. The highest BCUT2D eigenvalue weighted by Gasteiger charge is 2.31. The van der Waals surface area contributed by atoms with Crippen LogP contribution < -0.4 is 9.04 Å². The number of sulfonamides is 1. The zero-order chi connectivity index (χ0) is 24.0. The highest BCUT2D eigenvalue weighted by atomic mass is 32.2. The first-order valence-electron chi connectivity index (χ1n) is 10.7. The third kappa shape index (κ3) is 5.57. The van der Waals surface area contributed by atoms with Gasteiger partial charge in [-0.15, -0.1) is 0 Å². The highest BCUT2D eigenvalue weighted by molar-refractivity contribution is 7.92. The zero-order valence-corrected chi connectivity index (χ0v) is 19.9. The molecular weight excluding hydrogens is 446 g/mol. The molecule has 1 aliphatic heterocycles. The Labute approximate surface area is 194 Å². The van der Waals surface area contributed by atoms with Gasteiger partial charge in [0.15, 0.2) is 0 Å². The summed E-state index contributed by atoms with van der Waals surface area (Å²) in [7, 11) is -2.50. The maximum atomic E-state index is 13.6. The molecule has 0 saturated carbocycles. The summed E-state index contributed by atoms with van der Waals surface area (Å²) < 4.78 is 38.5. The Morgan fingerprint density at radius 1 is 1.00 bits per heavy atom. The molecule has 9 nitrogen and oxygen atoms in total. The van der Waals surface area contributed by atoms with E-state index < -0.39 is 16.1 Å². The number of carbonyl (C=O) groups is 2. The molecule has 0 aromatic heterocycles. The van der Waals surface area contributed by atoms with Gasteiger partial charge in [-0.1, -0.05) is 18.2 Å². The molecule has 1 heterocycles. The largest absolute Gasteiger partial charge is 0.496 e. The van der Waals surface area contributed by atoms with Gasteiger partial charge >= 0.3 is 6.09 Å². The fraction of sp³-hybridized carbons (Fsp3) is 0.391. The fourth-order valence-corrected chi connectivity index (χ4v) is 5.12. The number of hydrogen-bond donors (Lipinski definition) is 0. The van der Waals surface area contributed by atoms with Crippen molar-refractivity contribution in [2.45, 2.75) is 18.7 Å². The second-order valence-electron chi connectivity index (χ2n) is 7.55. The van der Waals surface area contributed by atoms with Crippen LogP contribution in [0.15, 0.2) is 53.4 Å². The Hall–Kier alpha value is -3.27. The van der Waals surface area contributed by atoms with Crippen molar-refractivity contribution in [3.63, 3.8) is 0 Å². The highest BCUT2D eigenvalue weighted by Crippen LogP contribution is 2.27. The van der Waals surface area contributed by atoms with E-state index in [1.165, 1.54) is 19.2 Å². The average molecular weight is 476 g/mol. The number of aryl methyl sites for hydroxylation is 1. The SMILES string of the molecule is CCOC(=O)N1CCN(C(=O)CN(c2ccccc2)S(=O)(=O)c2ccc(OC)c(C)c2)CC1. The number of anilines is 1. The van der Waals surface area contributed by atoms with E-state index in [0.717, 1.165) is 4.31 Å². The first-order chi connectivity index (χ1) is 15.8. The Morgan fingerprint density at radius 2 is 1.64 bits per heavy atom. The predicted octanol–water partition coefficient (Wildman–Crippen LogP) is 2.50. The van der Waals surface area contributed by atoms with Crippen molar-refractivity contribution >= 4 is 27.7 Å². The second kappa shape index (κ2) is 10.6. The molecule has 1 saturated heterocycles. The topological polar surface area (TPSA) is 96.5 Å². The third-order valence-electron chi connectivity index (χ3n) is 5.44. The molecule has 0 unspecified atom stereocenters. The quantitative estimate of drug-likeness (QED) is 0.611. The van der Waals surface area contributed by atoms with Crippen LogP contribution in [0.4, 0.5) is 10.5 Å². The fourth-order valence-electron chi connectivity index (χ4n) is 3.62. The van der Waals surface area contributed by atoms with Crippen molar-refractivity contribution in [1.82, 2.24) is 9.80 Å². The van der Waals surface area contributed by atoms with Gasteiger partial charge < -0.3 is 19.3 Å². The Balaban J connectivity index is 1.82. The Bertz CT molecular complexity index is 1080. The van der Waals surface area contributed by atoms with Gasteiger partial charge in [-0.25, -0.2) is 13.2 Å².